The third kappa shape index (κ3) is 5.96. The number of alkyl halides is 3. The van der Waals surface area contributed by atoms with Crippen molar-refractivity contribution in [3.8, 4) is 11.8 Å². The van der Waals surface area contributed by atoms with Gasteiger partial charge in [0.1, 0.15) is 11.3 Å². The maximum Gasteiger partial charge on any atom is 0.420 e. The molecule has 1 aromatic heterocycles. The molecule has 0 bridgehead atoms. The molecule has 2 aliphatic rings. The number of anilines is 2. The molecule has 0 atom stereocenters. The SMILES string of the molecule is COC(=O)C1(c2ccccc2C#Cc2nc(Nc3ccc(C4CCN(C(=O)O)CC4)cc3)ncc2C(F)(F)F)CC1. The first-order valence-corrected chi connectivity index (χ1v) is 13.1. The van der Waals surface area contributed by atoms with E-state index < -0.39 is 34.9 Å². The van der Waals surface area contributed by atoms with Crippen molar-refractivity contribution in [2.75, 3.05) is 25.5 Å². The molecule has 5 rings (SSSR count). The second kappa shape index (κ2) is 11.1. The molecule has 2 aromatic carbocycles. The van der Waals surface area contributed by atoms with Gasteiger partial charge in [-0.1, -0.05) is 36.3 Å². The summed E-state index contributed by atoms with van der Waals surface area (Å²) in [5, 5.41) is 12.1. The Bertz CT molecular complexity index is 1520. The Hall–Kier alpha value is -4.59. The normalized spacial score (nSPS) is 16.3. The molecule has 3 aromatic rings. The van der Waals surface area contributed by atoms with Gasteiger partial charge in [-0.2, -0.15) is 13.2 Å². The van der Waals surface area contributed by atoms with E-state index in [0.29, 0.717) is 61.8 Å². The number of hydrogen-bond acceptors (Lipinski definition) is 6. The van der Waals surface area contributed by atoms with Gasteiger partial charge in [0.05, 0.1) is 12.5 Å². The van der Waals surface area contributed by atoms with Crippen molar-refractivity contribution in [2.24, 2.45) is 0 Å². The predicted molar refractivity (Wildman–Crippen MR) is 144 cm³/mol. The average molecular weight is 565 g/mol. The van der Waals surface area contributed by atoms with E-state index in [1.54, 1.807) is 36.4 Å². The van der Waals surface area contributed by atoms with Gasteiger partial charge >= 0.3 is 18.2 Å². The zero-order valence-electron chi connectivity index (χ0n) is 22.2. The van der Waals surface area contributed by atoms with E-state index in [2.05, 4.69) is 27.1 Å². The third-order valence-corrected chi connectivity index (χ3v) is 7.58. The highest BCUT2D eigenvalue weighted by atomic mass is 19.4. The van der Waals surface area contributed by atoms with Crippen LogP contribution in [0.5, 0.6) is 0 Å². The number of halogens is 3. The number of piperidine rings is 1. The lowest BCUT2D eigenvalue weighted by Gasteiger charge is -2.30. The number of ether oxygens (including phenoxy) is 1. The number of aromatic nitrogens is 2. The number of amides is 1. The van der Waals surface area contributed by atoms with Crippen molar-refractivity contribution >= 4 is 23.7 Å². The molecule has 1 saturated heterocycles. The lowest BCUT2D eigenvalue weighted by Crippen LogP contribution is -2.36. The van der Waals surface area contributed by atoms with Crippen LogP contribution in [0, 0.1) is 11.8 Å². The molecule has 0 unspecified atom stereocenters. The number of carboxylic acid groups (broad SMARTS) is 1. The Labute approximate surface area is 234 Å². The van der Waals surface area contributed by atoms with Gasteiger partial charge in [-0.3, -0.25) is 4.79 Å². The van der Waals surface area contributed by atoms with Crippen LogP contribution in [-0.2, 0) is 21.1 Å². The second-order valence-electron chi connectivity index (χ2n) is 10.1. The molecule has 2 heterocycles. The van der Waals surface area contributed by atoms with Crippen molar-refractivity contribution in [1.29, 1.82) is 0 Å². The monoisotopic (exact) mass is 564 g/mol. The highest BCUT2D eigenvalue weighted by Gasteiger charge is 2.53. The van der Waals surface area contributed by atoms with Crippen LogP contribution in [0.4, 0.5) is 29.6 Å². The van der Waals surface area contributed by atoms with Gasteiger partial charge in [0, 0.05) is 30.5 Å². The fourth-order valence-corrected chi connectivity index (χ4v) is 5.16. The first-order chi connectivity index (χ1) is 19.6. The molecule has 41 heavy (non-hydrogen) atoms. The molecule has 0 radical (unpaired) electrons. The number of hydrogen-bond donors (Lipinski definition) is 2. The van der Waals surface area contributed by atoms with E-state index in [-0.39, 0.29) is 11.9 Å². The number of carbonyl (C=O) groups is 2. The molecular formula is C30H27F3N4O4. The summed E-state index contributed by atoms with van der Waals surface area (Å²) in [6, 6.07) is 14.2. The summed E-state index contributed by atoms with van der Waals surface area (Å²) in [4.78, 5) is 32.9. The first kappa shape index (κ1) is 28.0. The number of rotatable bonds is 5. The number of nitrogens with zero attached hydrogens (tertiary/aromatic N) is 3. The first-order valence-electron chi connectivity index (χ1n) is 13.1. The van der Waals surface area contributed by atoms with Crippen LogP contribution in [0.1, 0.15) is 59.5 Å². The molecule has 0 spiro atoms. The average Bonchev–Trinajstić information content (AvgIpc) is 3.78. The zero-order valence-corrected chi connectivity index (χ0v) is 22.2. The maximum atomic E-state index is 13.8. The number of carbonyl (C=O) groups excluding carboxylic acids is 1. The molecule has 2 fully saturated rings. The van der Waals surface area contributed by atoms with Gasteiger partial charge in [-0.15, -0.1) is 0 Å². The number of likely N-dealkylation sites (tertiary alicyclic amines) is 1. The Kier molecular flexibility index (Phi) is 7.58. The Morgan fingerprint density at radius 1 is 1.07 bits per heavy atom. The molecule has 1 amide bonds. The van der Waals surface area contributed by atoms with E-state index >= 15 is 0 Å². The number of methoxy groups -OCH3 is 1. The van der Waals surface area contributed by atoms with Gasteiger partial charge in [0.2, 0.25) is 5.95 Å². The fraction of sp³-hybridized carbons (Fsp3) is 0.333. The maximum absolute atomic E-state index is 13.8. The number of benzene rings is 2. The quantitative estimate of drug-likeness (QED) is 0.303. The highest BCUT2D eigenvalue weighted by Crippen LogP contribution is 2.50. The summed E-state index contributed by atoms with van der Waals surface area (Å²) in [5.41, 5.74) is 0.300. The van der Waals surface area contributed by atoms with Crippen LogP contribution in [0.2, 0.25) is 0 Å². The minimum Gasteiger partial charge on any atom is -0.468 e. The van der Waals surface area contributed by atoms with E-state index in [0.717, 1.165) is 5.56 Å². The van der Waals surface area contributed by atoms with Gasteiger partial charge in [0.25, 0.3) is 0 Å². The van der Waals surface area contributed by atoms with E-state index in [1.807, 2.05) is 12.1 Å². The van der Waals surface area contributed by atoms with Crippen LogP contribution in [0.3, 0.4) is 0 Å². The molecular weight excluding hydrogens is 537 g/mol. The van der Waals surface area contributed by atoms with E-state index in [4.69, 9.17) is 9.84 Å². The Morgan fingerprint density at radius 2 is 1.76 bits per heavy atom. The minimum absolute atomic E-state index is 0.0497. The minimum atomic E-state index is -4.72. The van der Waals surface area contributed by atoms with Crippen LogP contribution in [0.25, 0.3) is 0 Å². The third-order valence-electron chi connectivity index (χ3n) is 7.58. The van der Waals surface area contributed by atoms with Crippen LogP contribution in [-0.4, -0.2) is 52.2 Å². The zero-order chi connectivity index (χ0) is 29.2. The lowest BCUT2D eigenvalue weighted by molar-refractivity contribution is -0.143. The standard InChI is InChI=1S/C30H27F3N4O4/c1-41-26(38)29(14-15-29)23-5-3-2-4-21(23)8-11-25-24(30(31,32)33)18-34-27(36-25)35-22-9-6-19(7-10-22)20-12-16-37(17-13-20)28(39)40/h2-7,9-10,18,20H,12-17H2,1H3,(H,39,40)(H,34,35,36). The number of esters is 1. The molecule has 1 aliphatic heterocycles. The summed E-state index contributed by atoms with van der Waals surface area (Å²) in [7, 11) is 1.31. The Balaban J connectivity index is 1.38. The van der Waals surface area contributed by atoms with Crippen LogP contribution < -0.4 is 5.32 Å². The smallest absolute Gasteiger partial charge is 0.420 e. The van der Waals surface area contributed by atoms with Crippen molar-refractivity contribution in [3.05, 3.63) is 82.7 Å². The van der Waals surface area contributed by atoms with Gasteiger partial charge in [-0.05, 0) is 66.8 Å². The highest BCUT2D eigenvalue weighted by molar-refractivity contribution is 5.87. The summed E-state index contributed by atoms with van der Waals surface area (Å²) < 4.78 is 46.3. The summed E-state index contributed by atoms with van der Waals surface area (Å²) in [6.45, 7) is 0.939. The summed E-state index contributed by atoms with van der Waals surface area (Å²) in [6.07, 6.45) is -2.35. The second-order valence-corrected chi connectivity index (χ2v) is 10.1. The van der Waals surface area contributed by atoms with Crippen LogP contribution >= 0.6 is 0 Å². The van der Waals surface area contributed by atoms with E-state index in [9.17, 15) is 22.8 Å². The number of nitrogens with one attached hydrogen (secondary N) is 1. The predicted octanol–water partition coefficient (Wildman–Crippen LogP) is 5.70. The lowest BCUT2D eigenvalue weighted by atomic mass is 9.89. The topological polar surface area (TPSA) is 105 Å². The van der Waals surface area contributed by atoms with Gasteiger partial charge in [-0.25, -0.2) is 14.8 Å². The van der Waals surface area contributed by atoms with Gasteiger partial charge in [0.15, 0.2) is 0 Å². The van der Waals surface area contributed by atoms with Crippen molar-refractivity contribution in [3.63, 3.8) is 0 Å². The fourth-order valence-electron chi connectivity index (χ4n) is 5.16. The molecule has 212 valence electrons. The molecule has 1 saturated carbocycles. The summed E-state index contributed by atoms with van der Waals surface area (Å²) >= 11 is 0. The van der Waals surface area contributed by atoms with Crippen LogP contribution in [0.15, 0.2) is 54.7 Å². The molecule has 8 nitrogen and oxygen atoms in total. The molecule has 1 aliphatic carbocycles. The van der Waals surface area contributed by atoms with Crippen molar-refractivity contribution in [1.82, 2.24) is 14.9 Å². The largest absolute Gasteiger partial charge is 0.468 e. The summed E-state index contributed by atoms with van der Waals surface area (Å²) in [5.74, 6) is 5.14. The van der Waals surface area contributed by atoms with Crippen molar-refractivity contribution in [2.45, 2.75) is 43.2 Å². The van der Waals surface area contributed by atoms with Gasteiger partial charge < -0.3 is 20.1 Å². The van der Waals surface area contributed by atoms with E-state index in [1.165, 1.54) is 12.0 Å². The molecule has 11 heteroatoms. The van der Waals surface area contributed by atoms with Crippen molar-refractivity contribution < 1.29 is 32.6 Å². The molecule has 2 N–H and O–H groups in total. The Morgan fingerprint density at radius 3 is 2.37 bits per heavy atom.